The van der Waals surface area contributed by atoms with Crippen molar-refractivity contribution in [2.75, 3.05) is 11.1 Å². The molecule has 0 aliphatic heterocycles. The van der Waals surface area contributed by atoms with Crippen molar-refractivity contribution in [3.05, 3.63) is 63.5 Å². The highest BCUT2D eigenvalue weighted by Crippen LogP contribution is 2.26. The van der Waals surface area contributed by atoms with Crippen LogP contribution in [0, 0.1) is 6.92 Å². The molecule has 6 nitrogen and oxygen atoms in total. The zero-order valence-corrected chi connectivity index (χ0v) is 17.8. The van der Waals surface area contributed by atoms with Crippen LogP contribution < -0.4 is 5.32 Å². The minimum Gasteiger partial charge on any atom is -0.309 e. The molecule has 1 amide bonds. The van der Waals surface area contributed by atoms with E-state index in [-0.39, 0.29) is 11.7 Å². The Hall–Kier alpha value is -2.09. The largest absolute Gasteiger partial charge is 0.309 e. The summed E-state index contributed by atoms with van der Waals surface area (Å²) in [4.78, 5) is 16.5. The molecule has 1 N–H and O–H groups in total. The van der Waals surface area contributed by atoms with Crippen molar-refractivity contribution in [2.24, 2.45) is 0 Å². The molecule has 0 bridgehead atoms. The fourth-order valence-electron chi connectivity index (χ4n) is 2.60. The molecule has 0 aliphatic carbocycles. The molecular weight excluding hydrogens is 417 g/mol. The number of amides is 1. The van der Waals surface area contributed by atoms with E-state index in [2.05, 4.69) is 32.6 Å². The number of nitrogens with zero attached hydrogens (tertiary/aromatic N) is 4. The van der Waals surface area contributed by atoms with Gasteiger partial charge in [-0.15, -0.1) is 10.2 Å². The number of pyridine rings is 1. The number of hydrogen-bond acceptors (Lipinski definition) is 5. The van der Waals surface area contributed by atoms with Crippen molar-refractivity contribution in [2.45, 2.75) is 32.0 Å². The summed E-state index contributed by atoms with van der Waals surface area (Å²) in [7, 11) is 0. The van der Waals surface area contributed by atoms with E-state index in [0.717, 1.165) is 17.9 Å². The normalized spacial score (nSPS) is 10.9. The topological polar surface area (TPSA) is 72.7 Å². The van der Waals surface area contributed by atoms with E-state index in [1.807, 2.05) is 29.7 Å². The average Bonchev–Trinajstić information content (AvgIpc) is 3.06. The van der Waals surface area contributed by atoms with Gasteiger partial charge in [-0.2, -0.15) is 0 Å². The van der Waals surface area contributed by atoms with Crippen LogP contribution in [0.3, 0.4) is 0 Å². The lowest BCUT2D eigenvalue weighted by molar-refractivity contribution is -0.113. The van der Waals surface area contributed by atoms with Gasteiger partial charge in [-0.1, -0.05) is 65.3 Å². The zero-order chi connectivity index (χ0) is 20.1. The molecule has 0 spiro atoms. The van der Waals surface area contributed by atoms with Crippen LogP contribution in [0.15, 0.2) is 41.6 Å². The fourth-order valence-corrected chi connectivity index (χ4v) is 3.82. The van der Waals surface area contributed by atoms with Gasteiger partial charge in [-0.3, -0.25) is 4.79 Å². The first-order valence-electron chi connectivity index (χ1n) is 8.69. The monoisotopic (exact) mass is 435 g/mol. The number of anilines is 1. The zero-order valence-electron chi connectivity index (χ0n) is 15.4. The van der Waals surface area contributed by atoms with Crippen molar-refractivity contribution in [1.29, 1.82) is 0 Å². The lowest BCUT2D eigenvalue weighted by atomic mass is 10.1. The first kappa shape index (κ1) is 20.6. The third kappa shape index (κ3) is 5.04. The second-order valence-corrected chi connectivity index (χ2v) is 7.79. The summed E-state index contributed by atoms with van der Waals surface area (Å²) in [6.07, 6.45) is 0.692. The van der Waals surface area contributed by atoms with Crippen LogP contribution in [0.1, 0.15) is 24.0 Å². The summed E-state index contributed by atoms with van der Waals surface area (Å²) >= 11 is 13.4. The molecule has 1 aromatic carbocycles. The van der Waals surface area contributed by atoms with E-state index in [0.29, 0.717) is 33.1 Å². The molecule has 2 heterocycles. The lowest BCUT2D eigenvalue weighted by Crippen LogP contribution is -2.16. The Morgan fingerprint density at radius 1 is 1.18 bits per heavy atom. The standard InChI is InChI=1S/C19H19Cl2N5OS/c1-3-26-16(9-13-7-5-4-6-8-13)24-25-19(26)28-11-17(27)23-18-15(21)10-14(20)12(2)22-18/h4-8,10H,3,9,11H2,1-2H3,(H,22,23,27). The highest BCUT2D eigenvalue weighted by atomic mass is 35.5. The maximum absolute atomic E-state index is 12.3. The summed E-state index contributed by atoms with van der Waals surface area (Å²) in [5.74, 6) is 1.12. The molecule has 3 rings (SSSR count). The molecule has 0 fully saturated rings. The Morgan fingerprint density at radius 3 is 2.64 bits per heavy atom. The Bertz CT molecular complexity index is 978. The Labute approximate surface area is 177 Å². The SMILES string of the molecule is CCn1c(Cc2ccccc2)nnc1SCC(=O)Nc1nc(C)c(Cl)cc1Cl. The van der Waals surface area contributed by atoms with Gasteiger partial charge in [0.2, 0.25) is 5.91 Å². The van der Waals surface area contributed by atoms with E-state index < -0.39 is 0 Å². The molecule has 2 aromatic heterocycles. The van der Waals surface area contributed by atoms with Gasteiger partial charge in [0.25, 0.3) is 0 Å². The Morgan fingerprint density at radius 2 is 1.93 bits per heavy atom. The summed E-state index contributed by atoms with van der Waals surface area (Å²) < 4.78 is 2.02. The number of benzene rings is 1. The number of hydrogen-bond donors (Lipinski definition) is 1. The minimum atomic E-state index is -0.226. The molecule has 9 heteroatoms. The molecule has 0 unspecified atom stereocenters. The molecule has 28 heavy (non-hydrogen) atoms. The molecule has 0 saturated carbocycles. The number of carbonyl (C=O) groups is 1. The van der Waals surface area contributed by atoms with Crippen molar-refractivity contribution < 1.29 is 4.79 Å². The number of halogens is 2. The van der Waals surface area contributed by atoms with Gasteiger partial charge >= 0.3 is 0 Å². The highest BCUT2D eigenvalue weighted by molar-refractivity contribution is 7.99. The molecule has 0 radical (unpaired) electrons. The van der Waals surface area contributed by atoms with Crippen LogP contribution in [0.25, 0.3) is 0 Å². The Kier molecular flexibility index (Phi) is 6.93. The van der Waals surface area contributed by atoms with E-state index in [9.17, 15) is 4.79 Å². The number of aromatic nitrogens is 4. The first-order valence-corrected chi connectivity index (χ1v) is 10.4. The first-order chi connectivity index (χ1) is 13.5. The van der Waals surface area contributed by atoms with Crippen LogP contribution >= 0.6 is 35.0 Å². The van der Waals surface area contributed by atoms with E-state index in [1.54, 1.807) is 13.0 Å². The van der Waals surface area contributed by atoms with Crippen LogP contribution in [0.2, 0.25) is 10.0 Å². The predicted octanol–water partition coefficient (Wildman–Crippen LogP) is 4.63. The van der Waals surface area contributed by atoms with Gasteiger partial charge < -0.3 is 9.88 Å². The average molecular weight is 436 g/mol. The summed E-state index contributed by atoms with van der Waals surface area (Å²) in [6.45, 7) is 4.51. The lowest BCUT2D eigenvalue weighted by Gasteiger charge is -2.09. The van der Waals surface area contributed by atoms with Crippen LogP contribution in [0.5, 0.6) is 0 Å². The third-order valence-corrected chi connectivity index (χ3v) is 5.65. The summed E-state index contributed by atoms with van der Waals surface area (Å²) in [5.41, 5.74) is 1.77. The molecular formula is C19H19Cl2N5OS. The van der Waals surface area contributed by atoms with Gasteiger partial charge in [0.1, 0.15) is 5.82 Å². The number of carbonyl (C=O) groups excluding carboxylic acids is 1. The number of thioether (sulfide) groups is 1. The highest BCUT2D eigenvalue weighted by Gasteiger charge is 2.15. The number of rotatable bonds is 7. The molecule has 3 aromatic rings. The molecule has 146 valence electrons. The molecule has 0 atom stereocenters. The third-order valence-electron chi connectivity index (χ3n) is 4.01. The summed E-state index contributed by atoms with van der Waals surface area (Å²) in [6, 6.07) is 11.7. The van der Waals surface area contributed by atoms with Gasteiger partial charge in [-0.05, 0) is 25.5 Å². The maximum atomic E-state index is 12.3. The Balaban J connectivity index is 1.64. The van der Waals surface area contributed by atoms with Crippen LogP contribution in [-0.4, -0.2) is 31.4 Å². The smallest absolute Gasteiger partial charge is 0.236 e. The van der Waals surface area contributed by atoms with Gasteiger partial charge in [-0.25, -0.2) is 4.98 Å². The molecule has 0 aliphatic rings. The van der Waals surface area contributed by atoms with Crippen LogP contribution in [0.4, 0.5) is 5.82 Å². The van der Waals surface area contributed by atoms with Gasteiger partial charge in [0.05, 0.1) is 21.5 Å². The van der Waals surface area contributed by atoms with Gasteiger partial charge in [0.15, 0.2) is 11.0 Å². The number of aryl methyl sites for hydroxylation is 1. The van der Waals surface area contributed by atoms with Crippen molar-refractivity contribution >= 4 is 46.7 Å². The van der Waals surface area contributed by atoms with E-state index in [4.69, 9.17) is 23.2 Å². The van der Waals surface area contributed by atoms with Crippen molar-refractivity contribution in [1.82, 2.24) is 19.7 Å². The second-order valence-electron chi connectivity index (χ2n) is 6.03. The van der Waals surface area contributed by atoms with E-state index >= 15 is 0 Å². The maximum Gasteiger partial charge on any atom is 0.236 e. The van der Waals surface area contributed by atoms with Crippen molar-refractivity contribution in [3.8, 4) is 0 Å². The minimum absolute atomic E-state index is 0.170. The fraction of sp³-hybridized carbons (Fsp3) is 0.263. The second kappa shape index (κ2) is 9.41. The van der Waals surface area contributed by atoms with Gasteiger partial charge in [0, 0.05) is 13.0 Å². The van der Waals surface area contributed by atoms with Crippen LogP contribution in [-0.2, 0) is 17.8 Å². The van der Waals surface area contributed by atoms with Crippen molar-refractivity contribution in [3.63, 3.8) is 0 Å². The predicted molar refractivity (Wildman–Crippen MR) is 113 cm³/mol. The summed E-state index contributed by atoms with van der Waals surface area (Å²) in [5, 5.41) is 12.7. The molecule has 0 saturated heterocycles. The quantitative estimate of drug-likeness (QED) is 0.547. The number of nitrogens with one attached hydrogen (secondary N) is 1. The van der Waals surface area contributed by atoms with E-state index in [1.165, 1.54) is 11.8 Å².